The van der Waals surface area contributed by atoms with Gasteiger partial charge in [-0.15, -0.1) is 0 Å². The summed E-state index contributed by atoms with van der Waals surface area (Å²) in [5.41, 5.74) is 3.76. The van der Waals surface area contributed by atoms with Crippen LogP contribution in [0.15, 0.2) is 30.5 Å². The van der Waals surface area contributed by atoms with Crippen molar-refractivity contribution in [1.82, 2.24) is 15.1 Å². The summed E-state index contributed by atoms with van der Waals surface area (Å²) in [4.78, 5) is 12.5. The number of fused-ring (bicyclic) bond motifs is 1. The van der Waals surface area contributed by atoms with Crippen molar-refractivity contribution >= 4 is 11.7 Å². The number of nitrogens with zero attached hydrogens (tertiary/aromatic N) is 2. The van der Waals surface area contributed by atoms with Gasteiger partial charge in [0.15, 0.2) is 0 Å². The van der Waals surface area contributed by atoms with E-state index in [4.69, 9.17) is 0 Å². The second-order valence-corrected chi connectivity index (χ2v) is 7.27. The van der Waals surface area contributed by atoms with Crippen LogP contribution in [0.2, 0.25) is 0 Å². The fourth-order valence-electron chi connectivity index (χ4n) is 4.16. The smallest absolute Gasteiger partial charge is 0.227 e. The van der Waals surface area contributed by atoms with E-state index in [9.17, 15) is 4.79 Å². The molecule has 1 aromatic heterocycles. The van der Waals surface area contributed by atoms with Crippen molar-refractivity contribution in [3.8, 4) is 0 Å². The lowest BCUT2D eigenvalue weighted by Gasteiger charge is -2.27. The Labute approximate surface area is 148 Å². The summed E-state index contributed by atoms with van der Waals surface area (Å²) in [7, 11) is 0. The van der Waals surface area contributed by atoms with Gasteiger partial charge in [0.25, 0.3) is 0 Å². The minimum Gasteiger partial charge on any atom is -0.313 e. The molecule has 2 unspecified atom stereocenters. The van der Waals surface area contributed by atoms with Gasteiger partial charge in [-0.05, 0) is 56.7 Å². The molecule has 1 fully saturated rings. The zero-order valence-electron chi connectivity index (χ0n) is 14.8. The van der Waals surface area contributed by atoms with Gasteiger partial charge in [0.2, 0.25) is 5.91 Å². The van der Waals surface area contributed by atoms with E-state index >= 15 is 0 Å². The largest absolute Gasteiger partial charge is 0.313 e. The fourth-order valence-corrected chi connectivity index (χ4v) is 4.16. The number of benzene rings is 1. The number of carbonyl (C=O) groups excluding carboxylic acids is 1. The molecule has 1 saturated heterocycles. The van der Waals surface area contributed by atoms with E-state index in [0.717, 1.165) is 50.0 Å². The van der Waals surface area contributed by atoms with Crippen LogP contribution in [0.3, 0.4) is 0 Å². The van der Waals surface area contributed by atoms with Crippen molar-refractivity contribution < 1.29 is 4.79 Å². The van der Waals surface area contributed by atoms with E-state index in [1.807, 2.05) is 17.8 Å². The maximum absolute atomic E-state index is 12.5. The Morgan fingerprint density at radius 2 is 2.20 bits per heavy atom. The Morgan fingerprint density at radius 1 is 1.32 bits per heavy atom. The Bertz CT molecular complexity index is 761. The number of nitrogens with one attached hydrogen (secondary N) is 2. The van der Waals surface area contributed by atoms with E-state index in [1.165, 1.54) is 11.1 Å². The molecule has 5 nitrogen and oxygen atoms in total. The van der Waals surface area contributed by atoms with Crippen molar-refractivity contribution in [1.29, 1.82) is 0 Å². The predicted octanol–water partition coefficient (Wildman–Crippen LogP) is 3.20. The van der Waals surface area contributed by atoms with Gasteiger partial charge < -0.3 is 10.6 Å². The molecule has 0 radical (unpaired) electrons. The lowest BCUT2D eigenvalue weighted by atomic mass is 9.88. The van der Waals surface area contributed by atoms with Gasteiger partial charge >= 0.3 is 0 Å². The van der Waals surface area contributed by atoms with Crippen LogP contribution in [0.4, 0.5) is 5.82 Å². The molecule has 0 spiro atoms. The standard InChI is InChI=1S/C20H26N4O/c1-14-13-22-24(18-10-4-7-15-6-2-3-9-17(15)18)20(14)23-19(25)12-16-8-5-11-21-16/h2-3,6,9,13,16,18,21H,4-5,7-8,10-12H2,1H3,(H,23,25). The zero-order valence-corrected chi connectivity index (χ0v) is 14.8. The van der Waals surface area contributed by atoms with Gasteiger partial charge in [0, 0.05) is 18.0 Å². The normalized spacial score (nSPS) is 22.6. The highest BCUT2D eigenvalue weighted by molar-refractivity contribution is 5.91. The first-order valence-corrected chi connectivity index (χ1v) is 9.37. The van der Waals surface area contributed by atoms with Crippen LogP contribution in [0.1, 0.15) is 54.8 Å². The number of hydrogen-bond acceptors (Lipinski definition) is 3. The van der Waals surface area contributed by atoms with Crippen molar-refractivity contribution in [2.45, 2.75) is 57.5 Å². The second kappa shape index (κ2) is 7.00. The van der Waals surface area contributed by atoms with Crippen molar-refractivity contribution in [3.63, 3.8) is 0 Å². The molecule has 0 saturated carbocycles. The number of amides is 1. The number of rotatable bonds is 4. The number of anilines is 1. The molecule has 0 bridgehead atoms. The number of hydrogen-bond donors (Lipinski definition) is 2. The van der Waals surface area contributed by atoms with E-state index in [-0.39, 0.29) is 11.9 Å². The first kappa shape index (κ1) is 16.3. The SMILES string of the molecule is Cc1cnn(C2CCCc3ccccc32)c1NC(=O)CC1CCCN1. The third-order valence-corrected chi connectivity index (χ3v) is 5.46. The number of aromatic nitrogens is 2. The highest BCUT2D eigenvalue weighted by Gasteiger charge is 2.26. The van der Waals surface area contributed by atoms with Crippen LogP contribution >= 0.6 is 0 Å². The Balaban J connectivity index is 1.57. The molecule has 132 valence electrons. The maximum atomic E-state index is 12.5. The van der Waals surface area contributed by atoms with Crippen LogP contribution in [0, 0.1) is 6.92 Å². The van der Waals surface area contributed by atoms with Crippen molar-refractivity contribution in [2.75, 3.05) is 11.9 Å². The molecule has 1 aromatic carbocycles. The van der Waals surface area contributed by atoms with Crippen LogP contribution in [0.25, 0.3) is 0 Å². The Kier molecular flexibility index (Phi) is 4.57. The summed E-state index contributed by atoms with van der Waals surface area (Å²) < 4.78 is 2.02. The number of aryl methyl sites for hydroxylation is 2. The summed E-state index contributed by atoms with van der Waals surface area (Å²) in [6.07, 6.45) is 7.98. The third-order valence-electron chi connectivity index (χ3n) is 5.46. The molecule has 2 aromatic rings. The molecular formula is C20H26N4O. The van der Waals surface area contributed by atoms with Gasteiger partial charge in [-0.25, -0.2) is 4.68 Å². The molecule has 2 atom stereocenters. The average Bonchev–Trinajstić information content (AvgIpc) is 3.25. The first-order chi connectivity index (χ1) is 12.2. The average molecular weight is 338 g/mol. The van der Waals surface area contributed by atoms with Crippen molar-refractivity contribution in [3.05, 3.63) is 47.2 Å². The molecule has 4 rings (SSSR count). The van der Waals surface area contributed by atoms with Crippen LogP contribution in [-0.2, 0) is 11.2 Å². The lowest BCUT2D eigenvalue weighted by molar-refractivity contribution is -0.116. The molecule has 1 amide bonds. The lowest BCUT2D eigenvalue weighted by Crippen LogP contribution is -2.29. The fraction of sp³-hybridized carbons (Fsp3) is 0.500. The van der Waals surface area contributed by atoms with E-state index in [2.05, 4.69) is 40.0 Å². The predicted molar refractivity (Wildman–Crippen MR) is 98.8 cm³/mol. The molecule has 2 N–H and O–H groups in total. The number of carbonyl (C=O) groups is 1. The maximum Gasteiger partial charge on any atom is 0.227 e. The monoisotopic (exact) mass is 338 g/mol. The van der Waals surface area contributed by atoms with E-state index in [1.54, 1.807) is 0 Å². The minimum atomic E-state index is 0.0772. The van der Waals surface area contributed by atoms with Crippen molar-refractivity contribution in [2.24, 2.45) is 0 Å². The summed E-state index contributed by atoms with van der Waals surface area (Å²) in [5.74, 6) is 0.929. The summed E-state index contributed by atoms with van der Waals surface area (Å²) in [6, 6.07) is 9.13. The van der Waals surface area contributed by atoms with Gasteiger partial charge in [-0.1, -0.05) is 24.3 Å². The molecule has 5 heteroatoms. The molecule has 1 aliphatic carbocycles. The second-order valence-electron chi connectivity index (χ2n) is 7.27. The van der Waals surface area contributed by atoms with E-state index in [0.29, 0.717) is 12.5 Å². The molecule has 25 heavy (non-hydrogen) atoms. The third kappa shape index (κ3) is 3.33. The van der Waals surface area contributed by atoms with Gasteiger partial charge in [-0.3, -0.25) is 4.79 Å². The topological polar surface area (TPSA) is 59.0 Å². The molecule has 1 aliphatic heterocycles. The van der Waals surface area contributed by atoms with Crippen LogP contribution in [-0.4, -0.2) is 28.3 Å². The highest BCUT2D eigenvalue weighted by Crippen LogP contribution is 2.35. The zero-order chi connectivity index (χ0) is 17.2. The van der Waals surface area contributed by atoms with Crippen LogP contribution in [0.5, 0.6) is 0 Å². The van der Waals surface area contributed by atoms with Gasteiger partial charge in [-0.2, -0.15) is 5.10 Å². The molecule has 2 aliphatic rings. The first-order valence-electron chi connectivity index (χ1n) is 9.37. The molecule has 2 heterocycles. The quantitative estimate of drug-likeness (QED) is 0.900. The summed E-state index contributed by atoms with van der Waals surface area (Å²) >= 11 is 0. The van der Waals surface area contributed by atoms with E-state index < -0.39 is 0 Å². The summed E-state index contributed by atoms with van der Waals surface area (Å²) in [6.45, 7) is 3.04. The van der Waals surface area contributed by atoms with Crippen LogP contribution < -0.4 is 10.6 Å². The molecular weight excluding hydrogens is 312 g/mol. The summed E-state index contributed by atoms with van der Waals surface area (Å²) in [5, 5.41) is 11.1. The Hall–Kier alpha value is -2.14. The van der Waals surface area contributed by atoms with Gasteiger partial charge in [0.05, 0.1) is 12.2 Å². The Morgan fingerprint density at radius 3 is 3.04 bits per heavy atom. The van der Waals surface area contributed by atoms with Gasteiger partial charge in [0.1, 0.15) is 5.82 Å². The minimum absolute atomic E-state index is 0.0772. The highest BCUT2D eigenvalue weighted by atomic mass is 16.1.